The minimum Gasteiger partial charge on any atom is -0.491 e. The number of rotatable bonds is 5. The van der Waals surface area contributed by atoms with Gasteiger partial charge in [0.1, 0.15) is 12.4 Å². The molecule has 0 saturated heterocycles. The van der Waals surface area contributed by atoms with Crippen molar-refractivity contribution in [3.63, 3.8) is 0 Å². The molecule has 106 valence electrons. The first-order valence-electron chi connectivity index (χ1n) is 7.45. The lowest BCUT2D eigenvalue weighted by atomic mass is 10.0. The summed E-state index contributed by atoms with van der Waals surface area (Å²) in [6.45, 7) is 6.67. The molecular weight excluding hydrogens is 236 g/mol. The van der Waals surface area contributed by atoms with Gasteiger partial charge in [0, 0.05) is 0 Å². The first-order chi connectivity index (χ1) is 9.06. The average molecular weight is 262 g/mol. The molecule has 0 bridgehead atoms. The van der Waals surface area contributed by atoms with Gasteiger partial charge in [-0.05, 0) is 55.9 Å². The third-order valence-electron chi connectivity index (χ3n) is 4.28. The lowest BCUT2D eigenvalue weighted by molar-refractivity contribution is 0.0852. The fraction of sp³-hybridized carbons (Fsp3) is 0.647. The van der Waals surface area contributed by atoms with Gasteiger partial charge in [-0.2, -0.15) is 0 Å². The Morgan fingerprint density at radius 1 is 1.21 bits per heavy atom. The zero-order valence-corrected chi connectivity index (χ0v) is 12.4. The molecule has 1 saturated carbocycles. The van der Waals surface area contributed by atoms with Gasteiger partial charge in [-0.3, -0.25) is 0 Å². The van der Waals surface area contributed by atoms with Crippen molar-refractivity contribution in [1.29, 1.82) is 0 Å². The Labute approximate surface area is 116 Å². The molecule has 2 heteroatoms. The van der Waals surface area contributed by atoms with Gasteiger partial charge < -0.3 is 9.84 Å². The molecule has 1 atom stereocenters. The standard InChI is InChI=1S/C17H26O2/c1-12-8-13(2)14(3)17(9-12)19-11-16(18)10-15-6-4-5-7-15/h8-9,15-16,18H,4-7,10-11H2,1-3H3. The van der Waals surface area contributed by atoms with Crippen LogP contribution in [0.25, 0.3) is 0 Å². The van der Waals surface area contributed by atoms with Crippen molar-refractivity contribution in [2.24, 2.45) is 5.92 Å². The van der Waals surface area contributed by atoms with Crippen LogP contribution in [-0.4, -0.2) is 17.8 Å². The van der Waals surface area contributed by atoms with E-state index in [9.17, 15) is 5.11 Å². The van der Waals surface area contributed by atoms with E-state index < -0.39 is 0 Å². The molecule has 1 unspecified atom stereocenters. The Morgan fingerprint density at radius 3 is 2.58 bits per heavy atom. The molecule has 1 N–H and O–H groups in total. The van der Waals surface area contributed by atoms with E-state index in [4.69, 9.17) is 4.74 Å². The van der Waals surface area contributed by atoms with Crippen LogP contribution < -0.4 is 4.74 Å². The Balaban J connectivity index is 1.87. The summed E-state index contributed by atoms with van der Waals surface area (Å²) in [4.78, 5) is 0. The van der Waals surface area contributed by atoms with Crippen molar-refractivity contribution in [1.82, 2.24) is 0 Å². The summed E-state index contributed by atoms with van der Waals surface area (Å²) >= 11 is 0. The maximum Gasteiger partial charge on any atom is 0.122 e. The molecule has 1 aliphatic carbocycles. The molecule has 0 aromatic heterocycles. The van der Waals surface area contributed by atoms with Gasteiger partial charge in [-0.1, -0.05) is 31.7 Å². The van der Waals surface area contributed by atoms with Gasteiger partial charge in [0.05, 0.1) is 6.10 Å². The first-order valence-corrected chi connectivity index (χ1v) is 7.45. The fourth-order valence-corrected chi connectivity index (χ4v) is 3.04. The van der Waals surface area contributed by atoms with Gasteiger partial charge in [0.2, 0.25) is 0 Å². The third kappa shape index (κ3) is 3.97. The first kappa shape index (κ1) is 14.4. The second-order valence-electron chi connectivity index (χ2n) is 6.06. The lowest BCUT2D eigenvalue weighted by Crippen LogP contribution is -2.20. The minimum atomic E-state index is -0.330. The smallest absolute Gasteiger partial charge is 0.122 e. The van der Waals surface area contributed by atoms with Crippen LogP contribution in [0.15, 0.2) is 12.1 Å². The molecule has 1 fully saturated rings. The summed E-state index contributed by atoms with van der Waals surface area (Å²) in [5.41, 5.74) is 3.64. The van der Waals surface area contributed by atoms with E-state index in [-0.39, 0.29) is 6.10 Å². The zero-order valence-electron chi connectivity index (χ0n) is 12.4. The van der Waals surface area contributed by atoms with Gasteiger partial charge in [-0.25, -0.2) is 0 Å². The summed E-state index contributed by atoms with van der Waals surface area (Å²) in [5.74, 6) is 1.63. The Kier molecular flexibility index (Phi) is 4.87. The molecule has 19 heavy (non-hydrogen) atoms. The molecule has 1 aromatic rings. The molecule has 0 aliphatic heterocycles. The topological polar surface area (TPSA) is 29.5 Å². The SMILES string of the molecule is Cc1cc(C)c(C)c(OCC(O)CC2CCCC2)c1. The van der Waals surface area contributed by atoms with E-state index in [1.54, 1.807) is 0 Å². The summed E-state index contributed by atoms with van der Waals surface area (Å²) in [5, 5.41) is 10.1. The molecule has 0 heterocycles. The summed E-state index contributed by atoms with van der Waals surface area (Å²) < 4.78 is 5.82. The Bertz CT molecular complexity index is 420. The predicted octanol–water partition coefficient (Wildman–Crippen LogP) is 3.93. The van der Waals surface area contributed by atoms with E-state index >= 15 is 0 Å². The quantitative estimate of drug-likeness (QED) is 0.871. The van der Waals surface area contributed by atoms with Crippen molar-refractivity contribution >= 4 is 0 Å². The highest BCUT2D eigenvalue weighted by Crippen LogP contribution is 2.29. The maximum absolute atomic E-state index is 10.1. The monoisotopic (exact) mass is 262 g/mol. The van der Waals surface area contributed by atoms with Gasteiger partial charge >= 0.3 is 0 Å². The summed E-state index contributed by atoms with van der Waals surface area (Å²) in [6.07, 6.45) is 5.77. The molecule has 0 spiro atoms. The fourth-order valence-electron chi connectivity index (χ4n) is 3.04. The van der Waals surface area contributed by atoms with E-state index in [0.29, 0.717) is 12.5 Å². The number of aryl methyl sites for hydroxylation is 2. The van der Waals surface area contributed by atoms with Crippen LogP contribution in [0, 0.1) is 26.7 Å². The van der Waals surface area contributed by atoms with Crippen molar-refractivity contribution in [2.45, 2.75) is 59.0 Å². The second kappa shape index (κ2) is 6.42. The largest absolute Gasteiger partial charge is 0.491 e. The molecule has 0 radical (unpaired) electrons. The maximum atomic E-state index is 10.1. The predicted molar refractivity (Wildman–Crippen MR) is 78.7 cm³/mol. The number of ether oxygens (including phenoxy) is 1. The van der Waals surface area contributed by atoms with Crippen LogP contribution in [0.4, 0.5) is 0 Å². The highest BCUT2D eigenvalue weighted by molar-refractivity contribution is 5.41. The van der Waals surface area contributed by atoms with E-state index in [0.717, 1.165) is 12.2 Å². The molecule has 1 aromatic carbocycles. The average Bonchev–Trinajstić information content (AvgIpc) is 2.84. The van der Waals surface area contributed by atoms with E-state index in [2.05, 4.69) is 32.9 Å². The molecule has 0 amide bonds. The van der Waals surface area contributed by atoms with Crippen LogP contribution in [0.5, 0.6) is 5.75 Å². The summed E-state index contributed by atoms with van der Waals surface area (Å²) in [6, 6.07) is 4.22. The number of benzene rings is 1. The highest BCUT2D eigenvalue weighted by Gasteiger charge is 2.19. The highest BCUT2D eigenvalue weighted by atomic mass is 16.5. The van der Waals surface area contributed by atoms with Crippen molar-refractivity contribution in [3.8, 4) is 5.75 Å². The van der Waals surface area contributed by atoms with Gasteiger partial charge in [0.25, 0.3) is 0 Å². The number of hydrogen-bond acceptors (Lipinski definition) is 2. The summed E-state index contributed by atoms with van der Waals surface area (Å²) in [7, 11) is 0. The lowest BCUT2D eigenvalue weighted by Gasteiger charge is -2.18. The van der Waals surface area contributed by atoms with Crippen LogP contribution in [0.3, 0.4) is 0 Å². The van der Waals surface area contributed by atoms with Crippen molar-refractivity contribution < 1.29 is 9.84 Å². The van der Waals surface area contributed by atoms with E-state index in [1.807, 2.05) is 0 Å². The molecule has 1 aliphatic rings. The molecule has 2 rings (SSSR count). The third-order valence-corrected chi connectivity index (χ3v) is 4.28. The Morgan fingerprint density at radius 2 is 1.89 bits per heavy atom. The van der Waals surface area contributed by atoms with E-state index in [1.165, 1.54) is 42.4 Å². The van der Waals surface area contributed by atoms with Crippen LogP contribution in [-0.2, 0) is 0 Å². The van der Waals surface area contributed by atoms with Crippen LogP contribution in [0.2, 0.25) is 0 Å². The normalized spacial score (nSPS) is 17.7. The molecule has 2 nitrogen and oxygen atoms in total. The number of aliphatic hydroxyl groups excluding tert-OH is 1. The van der Waals surface area contributed by atoms with Crippen LogP contribution >= 0.6 is 0 Å². The molecular formula is C17H26O2. The minimum absolute atomic E-state index is 0.330. The van der Waals surface area contributed by atoms with Crippen molar-refractivity contribution in [2.75, 3.05) is 6.61 Å². The van der Waals surface area contributed by atoms with Crippen LogP contribution in [0.1, 0.15) is 48.8 Å². The Hall–Kier alpha value is -1.02. The zero-order chi connectivity index (χ0) is 13.8. The second-order valence-corrected chi connectivity index (χ2v) is 6.06. The number of hydrogen-bond donors (Lipinski definition) is 1. The van der Waals surface area contributed by atoms with Crippen molar-refractivity contribution in [3.05, 3.63) is 28.8 Å². The van der Waals surface area contributed by atoms with Gasteiger partial charge in [-0.15, -0.1) is 0 Å². The van der Waals surface area contributed by atoms with Gasteiger partial charge in [0.15, 0.2) is 0 Å². The number of aliphatic hydroxyl groups is 1.